The molecular formula is C41H51ClN6O9. The summed E-state index contributed by atoms with van der Waals surface area (Å²) >= 11 is 6.81. The van der Waals surface area contributed by atoms with E-state index in [1.54, 1.807) is 24.3 Å². The standard InChI is InChI=1S/C41H51ClN6O9/c1-9-23-17-41(23,37(51)54-8)47-35(49)29-15-25(18-48(29)36(50)34(40(4,5)6)46-39(52)57-24-13-21-12-22(21)14-24)56-31-16-27(28-19-55-38(45-28)43-20(2)3)44-33-26(31)10-11-30(53-7)32(33)42/h9-11,16,19-25,29,34H,1,12-15,17-18H2,2-8H3,(H,43,45)(H,46,52)(H,47,49)/t21-,22+,23-,24+,25-,29+,34-,41-/m1/s1. The third-order valence-electron chi connectivity index (χ3n) is 11.4. The molecule has 3 aromatic rings. The number of rotatable bonds is 13. The first-order valence-corrected chi connectivity index (χ1v) is 19.8. The molecule has 1 aliphatic heterocycles. The predicted octanol–water partition coefficient (Wildman–Crippen LogP) is 5.89. The van der Waals surface area contributed by atoms with E-state index in [1.807, 2.05) is 34.6 Å². The number of carbonyl (C=O) groups excluding carboxylic acids is 4. The van der Waals surface area contributed by atoms with Crippen molar-refractivity contribution in [2.45, 2.75) is 103 Å². The Morgan fingerprint density at radius 2 is 1.77 bits per heavy atom. The first-order valence-electron chi connectivity index (χ1n) is 19.4. The first kappa shape index (κ1) is 40.2. The van der Waals surface area contributed by atoms with E-state index in [9.17, 15) is 19.2 Å². The van der Waals surface area contributed by atoms with Gasteiger partial charge in [-0.15, -0.1) is 6.58 Å². The summed E-state index contributed by atoms with van der Waals surface area (Å²) in [6.07, 6.45) is 4.64. The smallest absolute Gasteiger partial charge is 0.408 e. The van der Waals surface area contributed by atoms with Gasteiger partial charge in [0.05, 0.1) is 32.0 Å². The molecule has 57 heavy (non-hydrogen) atoms. The molecule has 0 bridgehead atoms. The Morgan fingerprint density at radius 3 is 2.40 bits per heavy atom. The molecule has 1 saturated heterocycles. The number of aromatic nitrogens is 2. The third-order valence-corrected chi connectivity index (χ3v) is 11.8. The lowest BCUT2D eigenvalue weighted by Gasteiger charge is -2.35. The highest BCUT2D eigenvalue weighted by Gasteiger charge is 2.62. The lowest BCUT2D eigenvalue weighted by Crippen LogP contribution is -2.59. The molecule has 306 valence electrons. The van der Waals surface area contributed by atoms with Crippen LogP contribution in [-0.2, 0) is 23.9 Å². The number of hydrogen-bond acceptors (Lipinski definition) is 12. The van der Waals surface area contributed by atoms with Gasteiger partial charge in [0.15, 0.2) is 0 Å². The molecule has 7 rings (SSSR count). The molecule has 1 aromatic carbocycles. The second kappa shape index (κ2) is 15.4. The fourth-order valence-corrected chi connectivity index (χ4v) is 8.50. The van der Waals surface area contributed by atoms with E-state index in [4.69, 9.17) is 39.9 Å². The summed E-state index contributed by atoms with van der Waals surface area (Å²) < 4.78 is 28.7. The largest absolute Gasteiger partial charge is 0.495 e. The number of fused-ring (bicyclic) bond motifs is 2. The molecule has 0 radical (unpaired) electrons. The number of benzene rings is 1. The van der Waals surface area contributed by atoms with Gasteiger partial charge in [0, 0.05) is 29.8 Å². The van der Waals surface area contributed by atoms with E-state index in [-0.39, 0.29) is 36.1 Å². The third kappa shape index (κ3) is 8.08. The number of pyridine rings is 1. The van der Waals surface area contributed by atoms with Crippen LogP contribution in [-0.4, -0.2) is 95.4 Å². The van der Waals surface area contributed by atoms with E-state index in [0.717, 1.165) is 12.8 Å². The van der Waals surface area contributed by atoms with E-state index in [2.05, 4.69) is 27.5 Å². The lowest BCUT2D eigenvalue weighted by atomic mass is 9.85. The Hall–Kier alpha value is -5.05. The minimum absolute atomic E-state index is 0.0300. The fraction of sp³-hybridized carbons (Fsp3) is 0.561. The van der Waals surface area contributed by atoms with Crippen LogP contribution in [0.15, 0.2) is 41.5 Å². The molecule has 0 unspecified atom stereocenters. The zero-order valence-corrected chi connectivity index (χ0v) is 34.1. The summed E-state index contributed by atoms with van der Waals surface area (Å²) in [6.45, 7) is 13.2. The summed E-state index contributed by atoms with van der Waals surface area (Å²) in [5.41, 5.74) is -0.892. The predicted molar refractivity (Wildman–Crippen MR) is 211 cm³/mol. The quantitative estimate of drug-likeness (QED) is 0.138. The molecule has 15 nitrogen and oxygen atoms in total. The molecule has 4 fully saturated rings. The van der Waals surface area contributed by atoms with Crippen LogP contribution in [0.2, 0.25) is 5.02 Å². The number of amides is 3. The normalized spacial score (nSPS) is 26.6. The maximum atomic E-state index is 14.7. The topological polar surface area (TPSA) is 183 Å². The van der Waals surface area contributed by atoms with Crippen LogP contribution in [0.4, 0.5) is 10.8 Å². The Morgan fingerprint density at radius 1 is 1.04 bits per heavy atom. The van der Waals surface area contributed by atoms with Gasteiger partial charge in [-0.1, -0.05) is 38.4 Å². The maximum Gasteiger partial charge on any atom is 0.408 e. The fourth-order valence-electron chi connectivity index (χ4n) is 8.21. The van der Waals surface area contributed by atoms with Gasteiger partial charge in [-0.05, 0) is 68.9 Å². The number of methoxy groups -OCH3 is 2. The summed E-state index contributed by atoms with van der Waals surface area (Å²) in [5.74, 6) is -0.0379. The van der Waals surface area contributed by atoms with Crippen molar-refractivity contribution in [2.75, 3.05) is 26.1 Å². The van der Waals surface area contributed by atoms with E-state index in [1.165, 1.54) is 31.8 Å². The van der Waals surface area contributed by atoms with Crippen molar-refractivity contribution in [3.8, 4) is 22.9 Å². The molecule has 3 heterocycles. The average molecular weight is 807 g/mol. The molecule has 3 N–H and O–H groups in total. The van der Waals surface area contributed by atoms with Gasteiger partial charge in [-0.25, -0.2) is 14.6 Å². The number of oxazole rings is 1. The van der Waals surface area contributed by atoms with Crippen LogP contribution in [0.1, 0.15) is 66.7 Å². The second-order valence-corrected chi connectivity index (χ2v) is 17.4. The van der Waals surface area contributed by atoms with Gasteiger partial charge in [-0.3, -0.25) is 9.59 Å². The molecule has 3 aliphatic carbocycles. The molecule has 3 saturated carbocycles. The van der Waals surface area contributed by atoms with Crippen molar-refractivity contribution in [1.82, 2.24) is 25.5 Å². The first-order chi connectivity index (χ1) is 27.0. The number of ether oxygens (including phenoxy) is 4. The number of nitrogens with one attached hydrogen (secondary N) is 3. The number of alkyl carbamates (subject to hydrolysis) is 1. The molecule has 8 atom stereocenters. The monoisotopic (exact) mass is 806 g/mol. The van der Waals surface area contributed by atoms with Crippen LogP contribution in [0.25, 0.3) is 22.3 Å². The average Bonchev–Trinajstić information content (AvgIpc) is 3.82. The SMILES string of the molecule is C=C[C@@H]1C[C@]1(NC(=O)[C@@H]1C[C@@H](Oc2cc(-c3coc(NC(C)C)n3)nc3c(Cl)c(OC)ccc23)CN1C(=O)[C@@H](NC(=O)O[C@@H]1C[C@@H]2C[C@@H]2C1)C(C)(C)C)C(=O)OC. The van der Waals surface area contributed by atoms with Crippen LogP contribution in [0.5, 0.6) is 11.5 Å². The molecule has 3 amide bonds. The highest BCUT2D eigenvalue weighted by molar-refractivity contribution is 6.36. The molecular weight excluding hydrogens is 756 g/mol. The van der Waals surface area contributed by atoms with E-state index in [0.29, 0.717) is 58.1 Å². The summed E-state index contributed by atoms with van der Waals surface area (Å²) in [4.78, 5) is 66.1. The number of nitrogens with zero attached hydrogens (tertiary/aromatic N) is 3. The van der Waals surface area contributed by atoms with Gasteiger partial charge < -0.3 is 44.2 Å². The van der Waals surface area contributed by atoms with Gasteiger partial charge >= 0.3 is 12.1 Å². The maximum absolute atomic E-state index is 14.7. The summed E-state index contributed by atoms with van der Waals surface area (Å²) in [7, 11) is 2.76. The number of carbonyl (C=O) groups is 4. The van der Waals surface area contributed by atoms with Crippen molar-refractivity contribution in [3.05, 3.63) is 42.1 Å². The van der Waals surface area contributed by atoms with Gasteiger partial charge in [0.1, 0.15) is 58.3 Å². The molecule has 0 spiro atoms. The Bertz CT molecular complexity index is 2070. The van der Waals surface area contributed by atoms with Crippen LogP contribution in [0, 0.1) is 23.2 Å². The van der Waals surface area contributed by atoms with Crippen molar-refractivity contribution in [1.29, 1.82) is 0 Å². The van der Waals surface area contributed by atoms with Crippen molar-refractivity contribution < 1.29 is 42.5 Å². The van der Waals surface area contributed by atoms with Crippen LogP contribution in [0.3, 0.4) is 0 Å². The van der Waals surface area contributed by atoms with Crippen molar-refractivity contribution in [3.63, 3.8) is 0 Å². The van der Waals surface area contributed by atoms with Crippen LogP contribution >= 0.6 is 11.6 Å². The molecule has 16 heteroatoms. The van der Waals surface area contributed by atoms with Gasteiger partial charge in [0.2, 0.25) is 11.8 Å². The minimum Gasteiger partial charge on any atom is -0.495 e. The summed E-state index contributed by atoms with van der Waals surface area (Å²) in [6, 6.07) is 3.40. The van der Waals surface area contributed by atoms with E-state index >= 15 is 0 Å². The van der Waals surface area contributed by atoms with Crippen molar-refractivity contribution in [2.24, 2.45) is 23.2 Å². The number of likely N-dealkylation sites (tertiary alicyclic amines) is 1. The van der Waals surface area contributed by atoms with E-state index < -0.39 is 53.0 Å². The number of esters is 1. The number of hydrogen-bond donors (Lipinski definition) is 3. The van der Waals surface area contributed by atoms with Gasteiger partial charge in [-0.2, -0.15) is 4.98 Å². The zero-order chi connectivity index (χ0) is 41.0. The zero-order valence-electron chi connectivity index (χ0n) is 33.3. The van der Waals surface area contributed by atoms with Crippen molar-refractivity contribution >= 4 is 52.4 Å². The number of anilines is 1. The Kier molecular flexibility index (Phi) is 10.8. The Labute approximate surface area is 336 Å². The van der Waals surface area contributed by atoms with Crippen LogP contribution < -0.4 is 25.4 Å². The lowest BCUT2D eigenvalue weighted by molar-refractivity contribution is -0.148. The minimum atomic E-state index is -1.30. The summed E-state index contributed by atoms with van der Waals surface area (Å²) in [5, 5.41) is 9.65. The Balaban J connectivity index is 1.21. The second-order valence-electron chi connectivity index (χ2n) is 17.0. The highest BCUT2D eigenvalue weighted by Crippen LogP contribution is 2.52. The highest BCUT2D eigenvalue weighted by atomic mass is 35.5. The molecule has 4 aliphatic rings. The molecule has 2 aromatic heterocycles. The van der Waals surface area contributed by atoms with Gasteiger partial charge in [0.25, 0.3) is 6.01 Å². The number of halogens is 1.